The van der Waals surface area contributed by atoms with Crippen LogP contribution in [0.25, 0.3) is 0 Å². The molecule has 6 nitrogen and oxygen atoms in total. The Hall–Kier alpha value is -3.28. The van der Waals surface area contributed by atoms with Gasteiger partial charge in [0.25, 0.3) is 5.91 Å². The number of hydrogen-bond acceptors (Lipinski definition) is 5. The average Bonchev–Trinajstić information content (AvgIpc) is 3.21. The van der Waals surface area contributed by atoms with E-state index in [9.17, 15) is 4.79 Å². The third-order valence-corrected chi connectivity index (χ3v) is 5.05. The minimum Gasteiger partial charge on any atom is -0.454 e. The van der Waals surface area contributed by atoms with E-state index in [1.54, 1.807) is 24.4 Å². The van der Waals surface area contributed by atoms with Crippen LogP contribution < -0.4 is 19.8 Å². The summed E-state index contributed by atoms with van der Waals surface area (Å²) in [4.78, 5) is 14.4. The molecule has 0 saturated heterocycles. The number of ether oxygens (including phenoxy) is 2. The lowest BCUT2D eigenvalue weighted by atomic mass is 9.84. The number of carbonyl (C=O) groups excluding carboxylic acids is 1. The van der Waals surface area contributed by atoms with E-state index >= 15 is 0 Å². The summed E-state index contributed by atoms with van der Waals surface area (Å²) in [7, 11) is 2.04. The zero-order chi connectivity index (χ0) is 19.0. The lowest BCUT2D eigenvalue weighted by Gasteiger charge is -2.23. The molecule has 0 atom stereocenters. The van der Waals surface area contributed by atoms with Crippen LogP contribution in [0, 0.1) is 0 Å². The predicted molar refractivity (Wildman–Crippen MR) is 104 cm³/mol. The maximum atomic E-state index is 12.3. The zero-order valence-electron chi connectivity index (χ0n) is 15.5. The van der Waals surface area contributed by atoms with E-state index in [4.69, 9.17) is 9.47 Å². The second kappa shape index (κ2) is 6.46. The van der Waals surface area contributed by atoms with Crippen molar-refractivity contribution in [3.8, 4) is 11.5 Å². The van der Waals surface area contributed by atoms with Crippen LogP contribution in [0.2, 0.25) is 0 Å². The quantitative estimate of drug-likeness (QED) is 0.670. The molecule has 138 valence electrons. The van der Waals surface area contributed by atoms with Gasteiger partial charge in [0, 0.05) is 35.6 Å². The Morgan fingerprint density at radius 1 is 1.19 bits per heavy atom. The van der Waals surface area contributed by atoms with E-state index in [1.165, 1.54) is 11.3 Å². The van der Waals surface area contributed by atoms with Gasteiger partial charge < -0.3 is 14.4 Å². The van der Waals surface area contributed by atoms with Gasteiger partial charge in [-0.25, -0.2) is 5.43 Å². The number of benzene rings is 2. The highest BCUT2D eigenvalue weighted by Crippen LogP contribution is 2.46. The molecule has 1 N–H and O–H groups in total. The molecule has 1 amide bonds. The standard InChI is InChI=1S/C21H21N3O3/c1-21(2)15-6-4-5-7-16(15)24(3)19(21)10-11-22-23-20(25)14-8-9-17-18(12-14)27-13-26-17/h4-12H,13H2,1-3H3,(H,23,25)/b19-10-,22-11+. The van der Waals surface area contributed by atoms with Crippen LogP contribution in [-0.4, -0.2) is 26.0 Å². The van der Waals surface area contributed by atoms with Crippen LogP contribution in [0.15, 0.2) is 59.3 Å². The molecule has 4 rings (SSSR count). The van der Waals surface area contributed by atoms with Crippen molar-refractivity contribution in [1.82, 2.24) is 5.43 Å². The van der Waals surface area contributed by atoms with Crippen LogP contribution in [0.3, 0.4) is 0 Å². The molecule has 2 aliphatic rings. The number of hydrazone groups is 1. The third-order valence-electron chi connectivity index (χ3n) is 5.05. The number of fused-ring (bicyclic) bond motifs is 2. The Bertz CT molecular complexity index is 963. The first-order chi connectivity index (χ1) is 13.0. The molecule has 0 unspecified atom stereocenters. The van der Waals surface area contributed by atoms with Gasteiger partial charge in [0.2, 0.25) is 6.79 Å². The summed E-state index contributed by atoms with van der Waals surface area (Å²) < 4.78 is 10.5. The van der Waals surface area contributed by atoms with Gasteiger partial charge in [-0.1, -0.05) is 32.0 Å². The Morgan fingerprint density at radius 2 is 1.96 bits per heavy atom. The maximum Gasteiger partial charge on any atom is 0.271 e. The number of amides is 1. The molecule has 0 radical (unpaired) electrons. The Balaban J connectivity index is 1.47. The molecule has 0 fully saturated rings. The number of likely N-dealkylation sites (N-methyl/N-ethyl adjacent to an activating group) is 1. The lowest BCUT2D eigenvalue weighted by Crippen LogP contribution is -2.23. The molecule has 6 heteroatoms. The number of para-hydroxylation sites is 1. The molecule has 2 aromatic rings. The van der Waals surface area contributed by atoms with Gasteiger partial charge in [-0.15, -0.1) is 0 Å². The summed E-state index contributed by atoms with van der Waals surface area (Å²) in [6, 6.07) is 13.4. The van der Waals surface area contributed by atoms with Gasteiger partial charge in [-0.05, 0) is 35.9 Å². The summed E-state index contributed by atoms with van der Waals surface area (Å²) in [6.45, 7) is 4.54. The summed E-state index contributed by atoms with van der Waals surface area (Å²) in [5.41, 5.74) is 6.47. The van der Waals surface area contributed by atoms with E-state index in [1.807, 2.05) is 19.2 Å². The van der Waals surface area contributed by atoms with Crippen molar-refractivity contribution in [3.63, 3.8) is 0 Å². The predicted octanol–water partition coefficient (Wildman–Crippen LogP) is 3.44. The topological polar surface area (TPSA) is 63.2 Å². The maximum absolute atomic E-state index is 12.3. The van der Waals surface area contributed by atoms with Crippen LogP contribution >= 0.6 is 0 Å². The first kappa shape index (κ1) is 17.1. The second-order valence-corrected chi connectivity index (χ2v) is 7.04. The summed E-state index contributed by atoms with van der Waals surface area (Å²) >= 11 is 0. The van der Waals surface area contributed by atoms with Gasteiger partial charge in [0.15, 0.2) is 11.5 Å². The van der Waals surface area contributed by atoms with E-state index in [0.29, 0.717) is 17.1 Å². The molecule has 2 aromatic carbocycles. The molecule has 2 heterocycles. The fourth-order valence-corrected chi connectivity index (χ4v) is 3.61. The highest BCUT2D eigenvalue weighted by Gasteiger charge is 2.37. The van der Waals surface area contributed by atoms with Crippen molar-refractivity contribution < 1.29 is 14.3 Å². The smallest absolute Gasteiger partial charge is 0.271 e. The molecule has 0 spiro atoms. The van der Waals surface area contributed by atoms with E-state index < -0.39 is 0 Å². The third kappa shape index (κ3) is 2.93. The van der Waals surface area contributed by atoms with Crippen LogP contribution in [0.5, 0.6) is 11.5 Å². The number of rotatable bonds is 3. The van der Waals surface area contributed by atoms with E-state index in [2.05, 4.69) is 47.5 Å². The molecule has 0 bridgehead atoms. The van der Waals surface area contributed by atoms with Crippen molar-refractivity contribution in [2.75, 3.05) is 18.7 Å². The number of carbonyl (C=O) groups is 1. The number of nitrogens with zero attached hydrogens (tertiary/aromatic N) is 2. The minimum absolute atomic E-state index is 0.126. The molecule has 0 aromatic heterocycles. The minimum atomic E-state index is -0.301. The number of anilines is 1. The number of nitrogens with one attached hydrogen (secondary N) is 1. The molecular formula is C21H21N3O3. The normalized spacial score (nSPS) is 18.2. The molecule has 0 aliphatic carbocycles. The van der Waals surface area contributed by atoms with Gasteiger partial charge in [-0.2, -0.15) is 5.10 Å². The lowest BCUT2D eigenvalue weighted by molar-refractivity contribution is 0.0954. The Kier molecular flexibility index (Phi) is 4.11. The van der Waals surface area contributed by atoms with Crippen molar-refractivity contribution >= 4 is 17.8 Å². The first-order valence-electron chi connectivity index (χ1n) is 8.75. The van der Waals surface area contributed by atoms with Crippen LogP contribution in [0.4, 0.5) is 5.69 Å². The van der Waals surface area contributed by atoms with Crippen LogP contribution in [0.1, 0.15) is 29.8 Å². The van der Waals surface area contributed by atoms with E-state index in [0.717, 1.165) is 5.70 Å². The van der Waals surface area contributed by atoms with Crippen LogP contribution in [-0.2, 0) is 5.41 Å². The highest BCUT2D eigenvalue weighted by molar-refractivity contribution is 5.95. The number of hydrogen-bond donors (Lipinski definition) is 1. The zero-order valence-corrected chi connectivity index (χ0v) is 15.5. The summed E-state index contributed by atoms with van der Waals surface area (Å²) in [5.74, 6) is 0.914. The SMILES string of the molecule is CN1/C(=C\C=N\NC(=O)c2ccc3c(c2)OCO3)C(C)(C)c2ccccc21. The average molecular weight is 363 g/mol. The van der Waals surface area contributed by atoms with Gasteiger partial charge in [0.05, 0.1) is 0 Å². The number of allylic oxidation sites excluding steroid dienone is 2. The Labute approximate surface area is 158 Å². The fourth-order valence-electron chi connectivity index (χ4n) is 3.61. The summed E-state index contributed by atoms with van der Waals surface area (Å²) in [6.07, 6.45) is 3.55. The highest BCUT2D eigenvalue weighted by atomic mass is 16.7. The van der Waals surface area contributed by atoms with E-state index in [-0.39, 0.29) is 18.1 Å². The van der Waals surface area contributed by atoms with Crippen molar-refractivity contribution in [2.45, 2.75) is 19.3 Å². The van der Waals surface area contributed by atoms with Gasteiger partial charge in [-0.3, -0.25) is 4.79 Å². The fraction of sp³-hybridized carbons (Fsp3) is 0.238. The van der Waals surface area contributed by atoms with Crippen molar-refractivity contribution in [3.05, 3.63) is 65.4 Å². The second-order valence-electron chi connectivity index (χ2n) is 7.04. The Morgan fingerprint density at radius 3 is 2.78 bits per heavy atom. The van der Waals surface area contributed by atoms with Gasteiger partial charge in [0.1, 0.15) is 0 Å². The molecule has 0 saturated carbocycles. The largest absolute Gasteiger partial charge is 0.454 e. The molecular weight excluding hydrogens is 342 g/mol. The van der Waals surface area contributed by atoms with Crippen molar-refractivity contribution in [2.24, 2.45) is 5.10 Å². The van der Waals surface area contributed by atoms with Crippen molar-refractivity contribution in [1.29, 1.82) is 0 Å². The monoisotopic (exact) mass is 363 g/mol. The summed E-state index contributed by atoms with van der Waals surface area (Å²) in [5, 5.41) is 4.07. The van der Waals surface area contributed by atoms with Gasteiger partial charge >= 0.3 is 0 Å². The first-order valence-corrected chi connectivity index (χ1v) is 8.75. The molecule has 2 aliphatic heterocycles. The molecule has 27 heavy (non-hydrogen) atoms.